The molecule has 0 heterocycles. The van der Waals surface area contributed by atoms with Gasteiger partial charge in [-0.2, -0.15) is 0 Å². The summed E-state index contributed by atoms with van der Waals surface area (Å²) in [6.45, 7) is 2.27. The molecule has 0 aliphatic heterocycles. The second-order valence-corrected chi connectivity index (χ2v) is 7.06. The highest BCUT2D eigenvalue weighted by molar-refractivity contribution is 9.10. The van der Waals surface area contributed by atoms with E-state index in [1.54, 1.807) is 0 Å². The van der Waals surface area contributed by atoms with Crippen molar-refractivity contribution in [2.75, 3.05) is 0 Å². The van der Waals surface area contributed by atoms with E-state index in [-0.39, 0.29) is 0 Å². The first-order chi connectivity index (χ1) is 11.3. The minimum absolute atomic E-state index is 1.12. The predicted molar refractivity (Wildman–Crippen MR) is 107 cm³/mol. The van der Waals surface area contributed by atoms with Crippen LogP contribution in [0.1, 0.15) is 62.1 Å². The number of aryl methyl sites for hydroxylation is 1. The Morgan fingerprint density at radius 2 is 1.22 bits per heavy atom. The van der Waals surface area contributed by atoms with E-state index in [0.717, 1.165) is 4.47 Å². The molecule has 0 unspecified atom stereocenters. The first-order valence-corrected chi connectivity index (χ1v) is 9.60. The van der Waals surface area contributed by atoms with Crippen LogP contribution < -0.4 is 0 Å². The maximum absolute atomic E-state index is 3.46. The molecule has 0 saturated carbocycles. The molecule has 0 saturated heterocycles. The molecule has 0 fully saturated rings. The highest BCUT2D eigenvalue weighted by Crippen LogP contribution is 2.15. The molecule has 0 aliphatic carbocycles. The second kappa shape index (κ2) is 10.4. The molecule has 2 rings (SSSR count). The number of rotatable bonds is 9. The third-order valence-electron chi connectivity index (χ3n) is 4.14. The highest BCUT2D eigenvalue weighted by atomic mass is 79.9. The number of hydrogen-bond donors (Lipinski definition) is 0. The van der Waals surface area contributed by atoms with Crippen LogP contribution in [0.4, 0.5) is 0 Å². The van der Waals surface area contributed by atoms with Crippen LogP contribution in [0.25, 0.3) is 12.2 Å². The average molecular weight is 371 g/mol. The van der Waals surface area contributed by atoms with E-state index in [9.17, 15) is 0 Å². The van der Waals surface area contributed by atoms with Gasteiger partial charge in [-0.05, 0) is 41.7 Å². The van der Waals surface area contributed by atoms with Crippen molar-refractivity contribution in [2.24, 2.45) is 0 Å². The lowest BCUT2D eigenvalue weighted by Crippen LogP contribution is -1.86. The van der Waals surface area contributed by atoms with Crippen LogP contribution in [0.5, 0.6) is 0 Å². The molecular formula is C22H27Br. The molecule has 1 heteroatoms. The third-order valence-corrected chi connectivity index (χ3v) is 4.67. The van der Waals surface area contributed by atoms with Gasteiger partial charge in [0.1, 0.15) is 0 Å². The molecule has 0 N–H and O–H groups in total. The summed E-state index contributed by atoms with van der Waals surface area (Å²) >= 11 is 3.46. The molecule has 2 aromatic rings. The molecule has 0 amide bonds. The van der Waals surface area contributed by atoms with Gasteiger partial charge in [-0.25, -0.2) is 0 Å². The van der Waals surface area contributed by atoms with Crippen molar-refractivity contribution in [2.45, 2.75) is 51.9 Å². The molecule has 122 valence electrons. The largest absolute Gasteiger partial charge is 0.0654 e. The molecule has 0 spiro atoms. The van der Waals surface area contributed by atoms with E-state index in [4.69, 9.17) is 0 Å². The zero-order valence-corrected chi connectivity index (χ0v) is 15.7. The highest BCUT2D eigenvalue weighted by Gasteiger charge is 1.95. The van der Waals surface area contributed by atoms with Crippen molar-refractivity contribution in [3.63, 3.8) is 0 Å². The summed E-state index contributed by atoms with van der Waals surface area (Å²) in [6, 6.07) is 17.4. The Morgan fingerprint density at radius 3 is 1.83 bits per heavy atom. The summed E-state index contributed by atoms with van der Waals surface area (Å²) in [7, 11) is 0. The Morgan fingerprint density at radius 1 is 0.696 bits per heavy atom. The minimum atomic E-state index is 1.12. The maximum atomic E-state index is 3.46. The van der Waals surface area contributed by atoms with E-state index in [1.165, 1.54) is 61.6 Å². The fourth-order valence-corrected chi connectivity index (χ4v) is 2.94. The number of benzene rings is 2. The maximum Gasteiger partial charge on any atom is 0.0175 e. The van der Waals surface area contributed by atoms with Crippen LogP contribution in [0, 0.1) is 0 Å². The van der Waals surface area contributed by atoms with Crippen molar-refractivity contribution in [3.05, 3.63) is 69.7 Å². The monoisotopic (exact) mass is 370 g/mol. The zero-order chi connectivity index (χ0) is 16.3. The lowest BCUT2D eigenvalue weighted by Gasteiger charge is -2.03. The van der Waals surface area contributed by atoms with Crippen molar-refractivity contribution in [1.82, 2.24) is 0 Å². The van der Waals surface area contributed by atoms with Gasteiger partial charge < -0.3 is 0 Å². The molecule has 0 aliphatic rings. The van der Waals surface area contributed by atoms with Crippen molar-refractivity contribution in [1.29, 1.82) is 0 Å². The van der Waals surface area contributed by atoms with E-state index in [0.29, 0.717) is 0 Å². The molecule has 0 bridgehead atoms. The first kappa shape index (κ1) is 18.0. The molecule has 0 radical (unpaired) electrons. The molecule has 2 aromatic carbocycles. The summed E-state index contributed by atoms with van der Waals surface area (Å²) in [4.78, 5) is 0. The molecule has 0 aromatic heterocycles. The van der Waals surface area contributed by atoms with Crippen LogP contribution in [-0.2, 0) is 6.42 Å². The normalized spacial score (nSPS) is 11.2. The standard InChI is InChI=1S/C22H27Br/c1-2-3-4-5-6-7-8-19-9-11-20(12-10-19)13-14-21-15-17-22(23)18-16-21/h9-18H,2-8H2,1H3/b14-13+. The van der Waals surface area contributed by atoms with Crippen LogP contribution in [-0.4, -0.2) is 0 Å². The van der Waals surface area contributed by atoms with Gasteiger partial charge in [0.15, 0.2) is 0 Å². The first-order valence-electron chi connectivity index (χ1n) is 8.80. The van der Waals surface area contributed by atoms with Gasteiger partial charge in [-0.3, -0.25) is 0 Å². The van der Waals surface area contributed by atoms with Gasteiger partial charge in [0.25, 0.3) is 0 Å². The van der Waals surface area contributed by atoms with E-state index >= 15 is 0 Å². The van der Waals surface area contributed by atoms with Crippen molar-refractivity contribution in [3.8, 4) is 0 Å². The molecule has 0 atom stereocenters. The number of unbranched alkanes of at least 4 members (excludes halogenated alkanes) is 5. The van der Waals surface area contributed by atoms with E-state index in [1.807, 2.05) is 0 Å². The summed E-state index contributed by atoms with van der Waals surface area (Å²) in [6.07, 6.45) is 13.7. The quantitative estimate of drug-likeness (QED) is 0.316. The molecule has 0 nitrogen and oxygen atoms in total. The topological polar surface area (TPSA) is 0 Å². The molecule has 23 heavy (non-hydrogen) atoms. The lowest BCUT2D eigenvalue weighted by molar-refractivity contribution is 0.607. The van der Waals surface area contributed by atoms with Gasteiger partial charge in [-0.1, -0.05) is 104 Å². The summed E-state index contributed by atoms with van der Waals surface area (Å²) in [5.74, 6) is 0. The predicted octanol–water partition coefficient (Wildman–Crippen LogP) is 7.52. The van der Waals surface area contributed by atoms with Gasteiger partial charge >= 0.3 is 0 Å². The second-order valence-electron chi connectivity index (χ2n) is 6.14. The van der Waals surface area contributed by atoms with Gasteiger partial charge in [0.2, 0.25) is 0 Å². The SMILES string of the molecule is CCCCCCCCc1ccc(/C=C/c2ccc(Br)cc2)cc1. The number of hydrogen-bond acceptors (Lipinski definition) is 0. The Hall–Kier alpha value is -1.34. The van der Waals surface area contributed by atoms with Gasteiger partial charge in [0.05, 0.1) is 0 Å². The lowest BCUT2D eigenvalue weighted by atomic mass is 10.0. The van der Waals surface area contributed by atoms with Gasteiger partial charge in [-0.15, -0.1) is 0 Å². The average Bonchev–Trinajstić information content (AvgIpc) is 2.58. The van der Waals surface area contributed by atoms with Crippen LogP contribution in [0.15, 0.2) is 53.0 Å². The van der Waals surface area contributed by atoms with Crippen molar-refractivity contribution >= 4 is 28.1 Å². The Bertz CT molecular complexity index is 578. The minimum Gasteiger partial charge on any atom is -0.0654 e. The summed E-state index contributed by atoms with van der Waals surface area (Å²) in [5.41, 5.74) is 3.95. The number of halogens is 1. The Balaban J connectivity index is 1.76. The fourth-order valence-electron chi connectivity index (χ4n) is 2.67. The smallest absolute Gasteiger partial charge is 0.0175 e. The fraction of sp³-hybridized carbons (Fsp3) is 0.364. The van der Waals surface area contributed by atoms with Crippen LogP contribution >= 0.6 is 15.9 Å². The summed E-state index contributed by atoms with van der Waals surface area (Å²) < 4.78 is 1.12. The Labute approximate surface area is 149 Å². The molecular weight excluding hydrogens is 344 g/mol. The van der Waals surface area contributed by atoms with E-state index in [2.05, 4.69) is 83.5 Å². The third kappa shape index (κ3) is 7.18. The summed E-state index contributed by atoms with van der Waals surface area (Å²) in [5, 5.41) is 0. The van der Waals surface area contributed by atoms with Crippen LogP contribution in [0.2, 0.25) is 0 Å². The Kier molecular flexibility index (Phi) is 8.17. The van der Waals surface area contributed by atoms with Crippen molar-refractivity contribution < 1.29 is 0 Å². The zero-order valence-electron chi connectivity index (χ0n) is 14.1. The van der Waals surface area contributed by atoms with Gasteiger partial charge in [0, 0.05) is 4.47 Å². The van der Waals surface area contributed by atoms with Crippen LogP contribution in [0.3, 0.4) is 0 Å². The van der Waals surface area contributed by atoms with E-state index < -0.39 is 0 Å².